The van der Waals surface area contributed by atoms with Crippen molar-refractivity contribution in [3.63, 3.8) is 0 Å². The van der Waals surface area contributed by atoms with Gasteiger partial charge < -0.3 is 16.4 Å². The molecule has 1 aliphatic rings. The van der Waals surface area contributed by atoms with Gasteiger partial charge in [-0.05, 0) is 43.2 Å². The van der Waals surface area contributed by atoms with Gasteiger partial charge >= 0.3 is 0 Å². The van der Waals surface area contributed by atoms with E-state index in [0.29, 0.717) is 46.0 Å². The van der Waals surface area contributed by atoms with Crippen LogP contribution in [-0.4, -0.2) is 33.4 Å². The fraction of sp³-hybridized carbons (Fsp3) is 0.400. The van der Waals surface area contributed by atoms with Crippen molar-refractivity contribution in [1.29, 1.82) is 5.26 Å². The first-order valence-corrected chi connectivity index (χ1v) is 11.8. The van der Waals surface area contributed by atoms with E-state index in [1.54, 1.807) is 6.07 Å². The second-order valence-corrected chi connectivity index (χ2v) is 9.88. The number of benzene rings is 1. The second kappa shape index (κ2) is 9.82. The van der Waals surface area contributed by atoms with Gasteiger partial charge in [0.2, 0.25) is 0 Å². The van der Waals surface area contributed by atoms with E-state index in [1.807, 2.05) is 24.3 Å². The Balaban J connectivity index is 1.57. The molecule has 34 heavy (non-hydrogen) atoms. The van der Waals surface area contributed by atoms with Crippen LogP contribution in [0.4, 0.5) is 11.6 Å². The molecule has 2 heterocycles. The predicted octanol–water partition coefficient (Wildman–Crippen LogP) is 4.49. The van der Waals surface area contributed by atoms with E-state index >= 15 is 0 Å². The minimum Gasteiger partial charge on any atom is -0.382 e. The number of nitrogen functional groups attached to an aromatic ring is 1. The number of fused-ring (bicyclic) bond motifs is 1. The first-order chi connectivity index (χ1) is 16.3. The third-order valence-electron chi connectivity index (χ3n) is 6.44. The SMILES string of the molecule is CC1(C)CCC(NC(=O)c2cc3cccc(Cl)c3nc2CCNc2ncnc(N)c2C#N)CC1. The maximum Gasteiger partial charge on any atom is 0.253 e. The van der Waals surface area contributed by atoms with E-state index in [0.717, 1.165) is 31.1 Å². The summed E-state index contributed by atoms with van der Waals surface area (Å²) in [6, 6.07) is 9.56. The van der Waals surface area contributed by atoms with Gasteiger partial charge in [-0.3, -0.25) is 9.78 Å². The number of anilines is 2. The minimum absolute atomic E-state index is 0.117. The number of nitrogens with one attached hydrogen (secondary N) is 2. The zero-order valence-electron chi connectivity index (χ0n) is 19.4. The van der Waals surface area contributed by atoms with Crippen LogP contribution in [-0.2, 0) is 6.42 Å². The lowest BCUT2D eigenvalue weighted by Crippen LogP contribution is -2.39. The summed E-state index contributed by atoms with van der Waals surface area (Å²) in [4.78, 5) is 26.0. The topological polar surface area (TPSA) is 130 Å². The van der Waals surface area contributed by atoms with Gasteiger partial charge in [0, 0.05) is 24.4 Å². The lowest BCUT2D eigenvalue weighted by Gasteiger charge is -2.34. The third kappa shape index (κ3) is 5.20. The monoisotopic (exact) mass is 477 g/mol. The van der Waals surface area contributed by atoms with Crippen LogP contribution in [0.15, 0.2) is 30.6 Å². The number of halogens is 1. The standard InChI is InChI=1S/C25H28ClN7O/c1-25(2)9-6-16(7-10-25)32-24(34)17-12-15-4-3-5-19(26)21(15)33-20(17)8-11-29-23-18(13-27)22(28)30-14-31-23/h3-5,12,14,16H,6-11H2,1-2H3,(H,32,34)(H3,28,29,30,31). The molecule has 0 bridgehead atoms. The molecule has 9 heteroatoms. The number of aromatic nitrogens is 3. The average Bonchev–Trinajstić information content (AvgIpc) is 2.80. The van der Waals surface area contributed by atoms with Crippen LogP contribution in [0, 0.1) is 16.7 Å². The second-order valence-electron chi connectivity index (χ2n) is 9.48. The number of nitriles is 1. The number of carbonyl (C=O) groups excluding carboxylic acids is 1. The van der Waals surface area contributed by atoms with E-state index in [-0.39, 0.29) is 23.3 Å². The highest BCUT2D eigenvalue weighted by Crippen LogP contribution is 2.35. The molecular weight excluding hydrogens is 450 g/mol. The van der Waals surface area contributed by atoms with Crippen LogP contribution in [0.3, 0.4) is 0 Å². The Labute approximate surface area is 203 Å². The number of pyridine rings is 1. The summed E-state index contributed by atoms with van der Waals surface area (Å²) in [6.45, 7) is 4.94. The van der Waals surface area contributed by atoms with Crippen LogP contribution in [0.5, 0.6) is 0 Å². The average molecular weight is 478 g/mol. The van der Waals surface area contributed by atoms with Crippen molar-refractivity contribution in [2.75, 3.05) is 17.6 Å². The van der Waals surface area contributed by atoms with E-state index in [1.165, 1.54) is 6.33 Å². The zero-order chi connectivity index (χ0) is 24.3. The van der Waals surface area contributed by atoms with Gasteiger partial charge in [0.05, 0.1) is 21.8 Å². The van der Waals surface area contributed by atoms with E-state index < -0.39 is 0 Å². The fourth-order valence-electron chi connectivity index (χ4n) is 4.34. The molecule has 0 aliphatic heterocycles. The molecule has 1 fully saturated rings. The fourth-order valence-corrected chi connectivity index (χ4v) is 4.56. The van der Waals surface area contributed by atoms with Crippen LogP contribution >= 0.6 is 11.6 Å². The summed E-state index contributed by atoms with van der Waals surface area (Å²) in [5, 5.41) is 17.0. The Morgan fingerprint density at radius 2 is 2.06 bits per heavy atom. The van der Waals surface area contributed by atoms with Crippen molar-refractivity contribution < 1.29 is 4.79 Å². The van der Waals surface area contributed by atoms with Crippen LogP contribution in [0.25, 0.3) is 10.9 Å². The molecule has 3 aromatic rings. The summed E-state index contributed by atoms with van der Waals surface area (Å²) in [5.74, 6) is 0.342. The Hall–Kier alpha value is -3.44. The van der Waals surface area contributed by atoms with Gasteiger partial charge in [-0.1, -0.05) is 37.6 Å². The molecule has 176 valence electrons. The minimum atomic E-state index is -0.127. The van der Waals surface area contributed by atoms with Crippen LogP contribution in [0.2, 0.25) is 5.02 Å². The van der Waals surface area contributed by atoms with Crippen molar-refractivity contribution >= 4 is 40.0 Å². The molecule has 0 radical (unpaired) electrons. The highest BCUT2D eigenvalue weighted by molar-refractivity contribution is 6.35. The summed E-state index contributed by atoms with van der Waals surface area (Å²) in [7, 11) is 0. The van der Waals surface area contributed by atoms with Crippen molar-refractivity contribution in [3.8, 4) is 6.07 Å². The van der Waals surface area contributed by atoms with Gasteiger partial charge in [0.15, 0.2) is 0 Å². The van der Waals surface area contributed by atoms with Gasteiger partial charge in [0.1, 0.15) is 29.6 Å². The largest absolute Gasteiger partial charge is 0.382 e. The van der Waals surface area contributed by atoms with Crippen LogP contribution in [0.1, 0.15) is 61.1 Å². The first kappa shape index (κ1) is 23.7. The number of carbonyl (C=O) groups is 1. The number of nitrogens with two attached hydrogens (primary N) is 1. The summed E-state index contributed by atoms with van der Waals surface area (Å²) < 4.78 is 0. The molecular formula is C25H28ClN7O. The Morgan fingerprint density at radius 3 is 2.79 bits per heavy atom. The van der Waals surface area contributed by atoms with Gasteiger partial charge in [-0.25, -0.2) is 9.97 Å². The lowest BCUT2D eigenvalue weighted by atomic mass is 9.75. The molecule has 8 nitrogen and oxygen atoms in total. The number of nitrogens with zero attached hydrogens (tertiary/aromatic N) is 4. The quantitative estimate of drug-likeness (QED) is 0.477. The van der Waals surface area contributed by atoms with Gasteiger partial charge in [0.25, 0.3) is 5.91 Å². The van der Waals surface area contributed by atoms with Crippen molar-refractivity contribution in [3.05, 3.63) is 52.4 Å². The van der Waals surface area contributed by atoms with Crippen molar-refractivity contribution in [1.82, 2.24) is 20.3 Å². The molecule has 4 rings (SSSR count). The molecule has 0 unspecified atom stereocenters. The molecule has 1 aromatic carbocycles. The maximum atomic E-state index is 13.3. The Morgan fingerprint density at radius 1 is 1.29 bits per heavy atom. The predicted molar refractivity (Wildman–Crippen MR) is 134 cm³/mol. The number of amides is 1. The number of hydrogen-bond donors (Lipinski definition) is 3. The van der Waals surface area contributed by atoms with E-state index in [9.17, 15) is 10.1 Å². The summed E-state index contributed by atoms with van der Waals surface area (Å²) >= 11 is 6.38. The Kier molecular flexibility index (Phi) is 6.85. The van der Waals surface area contributed by atoms with Crippen molar-refractivity contribution in [2.45, 2.75) is 52.0 Å². The zero-order valence-corrected chi connectivity index (χ0v) is 20.1. The lowest BCUT2D eigenvalue weighted by molar-refractivity contribution is 0.0908. The summed E-state index contributed by atoms with van der Waals surface area (Å²) in [6.07, 6.45) is 5.84. The molecule has 0 spiro atoms. The van der Waals surface area contributed by atoms with Crippen LogP contribution < -0.4 is 16.4 Å². The molecule has 2 aromatic heterocycles. The van der Waals surface area contributed by atoms with Gasteiger partial charge in [-0.2, -0.15) is 5.26 Å². The highest BCUT2D eigenvalue weighted by atomic mass is 35.5. The molecule has 0 atom stereocenters. The van der Waals surface area contributed by atoms with E-state index in [2.05, 4.69) is 34.4 Å². The third-order valence-corrected chi connectivity index (χ3v) is 6.74. The number of rotatable bonds is 6. The normalized spacial score (nSPS) is 15.6. The molecule has 1 amide bonds. The number of hydrogen-bond acceptors (Lipinski definition) is 7. The molecule has 1 aliphatic carbocycles. The first-order valence-electron chi connectivity index (χ1n) is 11.4. The number of para-hydroxylation sites is 1. The summed E-state index contributed by atoms with van der Waals surface area (Å²) in [5.41, 5.74) is 8.10. The highest BCUT2D eigenvalue weighted by Gasteiger charge is 2.28. The maximum absolute atomic E-state index is 13.3. The van der Waals surface area contributed by atoms with E-state index in [4.69, 9.17) is 22.3 Å². The molecule has 1 saturated carbocycles. The van der Waals surface area contributed by atoms with Crippen molar-refractivity contribution in [2.24, 2.45) is 5.41 Å². The molecule has 0 saturated heterocycles. The smallest absolute Gasteiger partial charge is 0.253 e. The van der Waals surface area contributed by atoms with Gasteiger partial charge in [-0.15, -0.1) is 0 Å². The Bertz CT molecular complexity index is 1260. The molecule has 4 N–H and O–H groups in total.